The van der Waals surface area contributed by atoms with Crippen molar-refractivity contribution >= 4 is 38.1 Å². The number of anilines is 2. The van der Waals surface area contributed by atoms with Crippen LogP contribution in [0.15, 0.2) is 53.4 Å². The summed E-state index contributed by atoms with van der Waals surface area (Å²) in [6, 6.07) is 14.6. The van der Waals surface area contributed by atoms with Gasteiger partial charge in [-0.05, 0) is 38.0 Å². The Hall–Kier alpha value is -2.75. The van der Waals surface area contributed by atoms with Crippen molar-refractivity contribution in [1.82, 2.24) is 9.29 Å². The molecule has 0 unspecified atom stereocenters. The van der Waals surface area contributed by atoms with E-state index >= 15 is 0 Å². The number of amides is 1. The first-order valence-corrected chi connectivity index (χ1v) is 12.7. The van der Waals surface area contributed by atoms with Crippen LogP contribution >= 0.6 is 11.3 Å². The van der Waals surface area contributed by atoms with E-state index in [0.717, 1.165) is 52.1 Å². The van der Waals surface area contributed by atoms with Crippen molar-refractivity contribution in [3.63, 3.8) is 0 Å². The number of benzene rings is 2. The van der Waals surface area contributed by atoms with Gasteiger partial charge in [-0.3, -0.25) is 10.1 Å². The van der Waals surface area contributed by atoms with E-state index in [2.05, 4.69) is 15.2 Å². The highest BCUT2D eigenvalue weighted by Crippen LogP contribution is 2.32. The third-order valence-corrected chi connectivity index (χ3v) is 8.20. The first kappa shape index (κ1) is 22.4. The Kier molecular flexibility index (Phi) is 6.32. The molecule has 0 spiro atoms. The van der Waals surface area contributed by atoms with Gasteiger partial charge in [0.25, 0.3) is 5.91 Å². The molecule has 0 aliphatic carbocycles. The van der Waals surface area contributed by atoms with Gasteiger partial charge in [-0.25, -0.2) is 17.7 Å². The van der Waals surface area contributed by atoms with E-state index in [1.54, 1.807) is 12.1 Å². The number of hydrogen-bond donors (Lipinski definition) is 1. The average molecular weight is 471 g/mol. The molecule has 4 rings (SSSR count). The van der Waals surface area contributed by atoms with Gasteiger partial charge < -0.3 is 4.90 Å². The second-order valence-electron chi connectivity index (χ2n) is 7.90. The Morgan fingerprint density at radius 1 is 1.09 bits per heavy atom. The lowest BCUT2D eigenvalue weighted by molar-refractivity contribution is 0.102. The normalized spacial score (nSPS) is 14.2. The van der Waals surface area contributed by atoms with Crippen LogP contribution < -0.4 is 10.2 Å². The molecule has 9 heteroatoms. The van der Waals surface area contributed by atoms with Crippen LogP contribution in [0.2, 0.25) is 0 Å². The molecule has 0 atom stereocenters. The molecule has 0 saturated carbocycles. The molecule has 1 fully saturated rings. The largest absolute Gasteiger partial charge is 0.371 e. The van der Waals surface area contributed by atoms with Crippen LogP contribution in [-0.4, -0.2) is 50.8 Å². The van der Waals surface area contributed by atoms with E-state index in [1.807, 2.05) is 37.3 Å². The zero-order valence-corrected chi connectivity index (χ0v) is 20.0. The minimum Gasteiger partial charge on any atom is -0.371 e. The van der Waals surface area contributed by atoms with Crippen molar-refractivity contribution in [3.8, 4) is 11.3 Å². The summed E-state index contributed by atoms with van der Waals surface area (Å²) >= 11 is 1.40. The molecule has 0 bridgehead atoms. The number of nitrogens with zero attached hydrogens (tertiary/aromatic N) is 3. The zero-order chi connectivity index (χ0) is 22.9. The zero-order valence-electron chi connectivity index (χ0n) is 18.3. The minimum absolute atomic E-state index is 0.0934. The van der Waals surface area contributed by atoms with E-state index < -0.39 is 10.0 Å². The van der Waals surface area contributed by atoms with Crippen LogP contribution in [0.4, 0.5) is 10.8 Å². The molecule has 0 radical (unpaired) electrons. The van der Waals surface area contributed by atoms with Gasteiger partial charge in [0.2, 0.25) is 10.0 Å². The Morgan fingerprint density at radius 2 is 1.78 bits per heavy atom. The lowest BCUT2D eigenvalue weighted by atomic mass is 10.1. The van der Waals surface area contributed by atoms with Crippen molar-refractivity contribution in [2.45, 2.75) is 24.7 Å². The second-order valence-corrected chi connectivity index (χ2v) is 11.3. The van der Waals surface area contributed by atoms with Gasteiger partial charge in [-0.1, -0.05) is 30.3 Å². The SMILES string of the molecule is Cc1sc(NC(=O)c2cc(S(=O)(=O)N(C)C)ccc2N2CCCC2)nc1-c1ccccc1. The first-order valence-electron chi connectivity index (χ1n) is 10.4. The maximum absolute atomic E-state index is 13.3. The minimum atomic E-state index is -3.66. The summed E-state index contributed by atoms with van der Waals surface area (Å²) in [5.74, 6) is -0.365. The van der Waals surface area contributed by atoms with Crippen LogP contribution in [0.25, 0.3) is 11.3 Å². The third-order valence-electron chi connectivity index (χ3n) is 5.50. The standard InChI is InChI=1S/C23H26N4O3S2/c1-16-21(17-9-5-4-6-10-17)24-23(31-16)25-22(28)19-15-18(32(29,30)26(2)3)11-12-20(19)27-13-7-8-14-27/h4-6,9-12,15H,7-8,13-14H2,1-3H3,(H,24,25,28). The molecule has 1 aliphatic rings. The fraction of sp³-hybridized carbons (Fsp3) is 0.304. The Morgan fingerprint density at radius 3 is 2.44 bits per heavy atom. The van der Waals surface area contributed by atoms with Crippen LogP contribution in [0.1, 0.15) is 28.1 Å². The van der Waals surface area contributed by atoms with E-state index in [-0.39, 0.29) is 10.8 Å². The van der Waals surface area contributed by atoms with Gasteiger partial charge in [0.15, 0.2) is 5.13 Å². The molecular formula is C23H26N4O3S2. The molecule has 7 nitrogen and oxygen atoms in total. The van der Waals surface area contributed by atoms with Gasteiger partial charge >= 0.3 is 0 Å². The van der Waals surface area contributed by atoms with Gasteiger partial charge in [0, 0.05) is 43.3 Å². The predicted molar refractivity (Wildman–Crippen MR) is 129 cm³/mol. The van der Waals surface area contributed by atoms with Gasteiger partial charge in [-0.2, -0.15) is 0 Å². The van der Waals surface area contributed by atoms with Crippen LogP contribution in [-0.2, 0) is 10.0 Å². The molecule has 1 N–H and O–H groups in total. The van der Waals surface area contributed by atoms with E-state index in [0.29, 0.717) is 10.7 Å². The number of aryl methyl sites for hydroxylation is 1. The van der Waals surface area contributed by atoms with Crippen molar-refractivity contribution in [2.24, 2.45) is 0 Å². The van der Waals surface area contributed by atoms with E-state index in [4.69, 9.17) is 0 Å². The topological polar surface area (TPSA) is 82.6 Å². The smallest absolute Gasteiger partial charge is 0.259 e. The molecule has 32 heavy (non-hydrogen) atoms. The Bertz CT molecular complexity index is 1230. The van der Waals surface area contributed by atoms with Gasteiger partial charge in [-0.15, -0.1) is 11.3 Å². The second kappa shape index (κ2) is 9.01. The Labute approximate surface area is 192 Å². The number of aromatic nitrogens is 1. The van der Waals surface area contributed by atoms with Crippen LogP contribution in [0, 0.1) is 6.92 Å². The Balaban J connectivity index is 1.69. The summed E-state index contributed by atoms with van der Waals surface area (Å²) in [5.41, 5.74) is 2.89. The summed E-state index contributed by atoms with van der Waals surface area (Å²) in [6.45, 7) is 3.65. The summed E-state index contributed by atoms with van der Waals surface area (Å²) in [4.78, 5) is 21.2. The van der Waals surface area contributed by atoms with Gasteiger partial charge in [0.1, 0.15) is 0 Å². The highest BCUT2D eigenvalue weighted by molar-refractivity contribution is 7.89. The maximum atomic E-state index is 13.3. The summed E-state index contributed by atoms with van der Waals surface area (Å²) < 4.78 is 26.5. The van der Waals surface area contributed by atoms with Crippen molar-refractivity contribution in [2.75, 3.05) is 37.4 Å². The molecule has 1 aromatic heterocycles. The predicted octanol–water partition coefficient (Wildman–Crippen LogP) is 4.22. The maximum Gasteiger partial charge on any atom is 0.259 e. The summed E-state index contributed by atoms with van der Waals surface area (Å²) in [6.07, 6.45) is 2.09. The highest BCUT2D eigenvalue weighted by Gasteiger charge is 2.25. The fourth-order valence-electron chi connectivity index (χ4n) is 3.78. The van der Waals surface area contributed by atoms with E-state index in [1.165, 1.54) is 31.5 Å². The third kappa shape index (κ3) is 4.41. The van der Waals surface area contributed by atoms with Crippen molar-refractivity contribution < 1.29 is 13.2 Å². The van der Waals surface area contributed by atoms with Gasteiger partial charge in [0.05, 0.1) is 16.2 Å². The van der Waals surface area contributed by atoms with Crippen LogP contribution in [0.5, 0.6) is 0 Å². The van der Waals surface area contributed by atoms with Crippen molar-refractivity contribution in [1.29, 1.82) is 0 Å². The average Bonchev–Trinajstić information content (AvgIpc) is 3.43. The fourth-order valence-corrected chi connectivity index (χ4v) is 5.54. The number of carbonyl (C=O) groups excluding carboxylic acids is 1. The van der Waals surface area contributed by atoms with Crippen molar-refractivity contribution in [3.05, 3.63) is 59.0 Å². The molecule has 168 valence electrons. The monoisotopic (exact) mass is 470 g/mol. The number of carbonyl (C=O) groups is 1. The molecule has 2 aromatic carbocycles. The molecule has 1 saturated heterocycles. The highest BCUT2D eigenvalue weighted by atomic mass is 32.2. The van der Waals surface area contributed by atoms with E-state index in [9.17, 15) is 13.2 Å². The summed E-state index contributed by atoms with van der Waals surface area (Å²) in [5, 5.41) is 3.38. The quantitative estimate of drug-likeness (QED) is 0.583. The molecular weight excluding hydrogens is 444 g/mol. The molecule has 1 amide bonds. The molecule has 2 heterocycles. The summed E-state index contributed by atoms with van der Waals surface area (Å²) in [7, 11) is -0.705. The lowest BCUT2D eigenvalue weighted by Crippen LogP contribution is -2.25. The number of thiazole rings is 1. The number of hydrogen-bond acceptors (Lipinski definition) is 6. The number of nitrogens with one attached hydrogen (secondary N) is 1. The lowest BCUT2D eigenvalue weighted by Gasteiger charge is -2.22. The molecule has 1 aliphatic heterocycles. The van der Waals surface area contributed by atoms with Crippen LogP contribution in [0.3, 0.4) is 0 Å². The number of rotatable bonds is 6. The number of sulfonamides is 1. The molecule has 3 aromatic rings. The first-order chi connectivity index (χ1) is 15.3.